The number of hydrogen-bond acceptors (Lipinski definition) is 1. The van der Waals surface area contributed by atoms with Crippen LogP contribution >= 0.6 is 0 Å². The average molecular weight is 254 g/mol. The molecule has 1 rings (SSSR count). The van der Waals surface area contributed by atoms with Gasteiger partial charge in [-0.3, -0.25) is 0 Å². The van der Waals surface area contributed by atoms with E-state index < -0.39 is 35.6 Å². The number of ether oxygens (including phenoxy) is 1. The molecule has 0 aliphatic rings. The van der Waals surface area contributed by atoms with Gasteiger partial charge in [0.05, 0.1) is 6.61 Å². The second-order valence-electron chi connectivity index (χ2n) is 4.00. The predicted molar refractivity (Wildman–Crippen MR) is 51.3 cm³/mol. The van der Waals surface area contributed by atoms with Crippen LogP contribution in [0.4, 0.5) is 22.0 Å². The van der Waals surface area contributed by atoms with E-state index in [0.29, 0.717) is 0 Å². The highest BCUT2D eigenvalue weighted by atomic mass is 19.4. The molecule has 0 N–H and O–H groups in total. The van der Waals surface area contributed by atoms with Gasteiger partial charge in [0.25, 0.3) is 0 Å². The summed E-state index contributed by atoms with van der Waals surface area (Å²) in [6, 6.07) is 3.05. The Morgan fingerprint density at radius 1 is 1.06 bits per heavy atom. The number of halogens is 5. The molecule has 0 radical (unpaired) electrons. The molecule has 1 aromatic carbocycles. The number of rotatable bonds is 3. The van der Waals surface area contributed by atoms with Crippen molar-refractivity contribution in [1.29, 1.82) is 0 Å². The molecule has 0 aliphatic carbocycles. The Labute approximate surface area is 95.2 Å². The van der Waals surface area contributed by atoms with Gasteiger partial charge in [-0.1, -0.05) is 6.07 Å². The molecule has 0 atom stereocenters. The molecule has 0 bridgehead atoms. The average Bonchev–Trinajstić information content (AvgIpc) is 2.15. The highest BCUT2D eigenvalue weighted by Crippen LogP contribution is 2.33. The predicted octanol–water partition coefficient (Wildman–Crippen LogP) is 3.82. The second-order valence-corrected chi connectivity index (χ2v) is 4.00. The monoisotopic (exact) mass is 254 g/mol. The Balaban J connectivity index is 2.81. The summed E-state index contributed by atoms with van der Waals surface area (Å²) >= 11 is 0. The summed E-state index contributed by atoms with van der Waals surface area (Å²) in [5.41, 5.74) is -2.97. The third-order valence-electron chi connectivity index (χ3n) is 2.32. The van der Waals surface area contributed by atoms with E-state index in [2.05, 4.69) is 4.74 Å². The first-order valence-corrected chi connectivity index (χ1v) is 4.79. The van der Waals surface area contributed by atoms with Gasteiger partial charge in [0.2, 0.25) is 0 Å². The topological polar surface area (TPSA) is 9.23 Å². The van der Waals surface area contributed by atoms with E-state index in [1.54, 1.807) is 0 Å². The molecule has 1 aromatic rings. The normalized spacial score (nSPS) is 12.9. The second kappa shape index (κ2) is 4.60. The van der Waals surface area contributed by atoms with Crippen LogP contribution in [0.3, 0.4) is 0 Å². The molecule has 0 spiro atoms. The molecule has 0 saturated carbocycles. The van der Waals surface area contributed by atoms with Crippen molar-refractivity contribution in [3.8, 4) is 0 Å². The maximum absolute atomic E-state index is 13.1. The zero-order valence-corrected chi connectivity index (χ0v) is 9.24. The van der Waals surface area contributed by atoms with Crippen LogP contribution in [-0.4, -0.2) is 11.8 Å². The number of hydrogen-bond donors (Lipinski definition) is 0. The van der Waals surface area contributed by atoms with E-state index in [1.807, 2.05) is 0 Å². The van der Waals surface area contributed by atoms with Crippen LogP contribution < -0.4 is 0 Å². The number of alkyl halides is 3. The van der Waals surface area contributed by atoms with Gasteiger partial charge in [-0.15, -0.1) is 0 Å². The summed E-state index contributed by atoms with van der Waals surface area (Å²) in [7, 11) is 0. The fraction of sp³-hybridized carbons (Fsp3) is 0.455. The Morgan fingerprint density at radius 3 is 1.94 bits per heavy atom. The fourth-order valence-corrected chi connectivity index (χ4v) is 1.00. The molecule has 0 aromatic heterocycles. The Morgan fingerprint density at radius 2 is 1.53 bits per heavy atom. The smallest absolute Gasteiger partial charge is 0.361 e. The lowest BCUT2D eigenvalue weighted by atomic mass is 10.1. The molecular formula is C11H11F5O. The van der Waals surface area contributed by atoms with Crippen LogP contribution in [-0.2, 0) is 11.3 Å². The van der Waals surface area contributed by atoms with Gasteiger partial charge in [-0.2, -0.15) is 13.2 Å². The van der Waals surface area contributed by atoms with Crippen molar-refractivity contribution in [1.82, 2.24) is 0 Å². The first-order valence-electron chi connectivity index (χ1n) is 4.79. The minimum atomic E-state index is -4.60. The zero-order chi connectivity index (χ0) is 13.3. The maximum atomic E-state index is 13.1. The minimum absolute atomic E-state index is 0.509. The zero-order valence-electron chi connectivity index (χ0n) is 9.24. The van der Waals surface area contributed by atoms with Crippen LogP contribution in [0.15, 0.2) is 18.2 Å². The van der Waals surface area contributed by atoms with E-state index in [-0.39, 0.29) is 0 Å². The van der Waals surface area contributed by atoms with Crippen LogP contribution in [0, 0.1) is 11.6 Å². The van der Waals surface area contributed by atoms with Crippen LogP contribution in [0.2, 0.25) is 0 Å². The third kappa shape index (κ3) is 3.15. The van der Waals surface area contributed by atoms with E-state index >= 15 is 0 Å². The third-order valence-corrected chi connectivity index (χ3v) is 2.32. The van der Waals surface area contributed by atoms with Crippen LogP contribution in [0.5, 0.6) is 0 Å². The summed E-state index contributed by atoms with van der Waals surface area (Å²) < 4.78 is 68.1. The van der Waals surface area contributed by atoms with Gasteiger partial charge in [-0.05, 0) is 26.0 Å². The molecule has 0 saturated heterocycles. The standard InChI is InChI=1S/C11H11F5O/c1-10(2,11(14,15)16)17-6-7-8(12)4-3-5-9(7)13/h3-5H,6H2,1-2H3. The van der Waals surface area contributed by atoms with Gasteiger partial charge in [0.15, 0.2) is 5.60 Å². The lowest BCUT2D eigenvalue weighted by Crippen LogP contribution is -2.41. The van der Waals surface area contributed by atoms with Crippen molar-refractivity contribution in [3.05, 3.63) is 35.4 Å². The maximum Gasteiger partial charge on any atom is 0.416 e. The summed E-state index contributed by atoms with van der Waals surface area (Å²) in [5, 5.41) is 0. The summed E-state index contributed by atoms with van der Waals surface area (Å²) in [5.74, 6) is -1.86. The molecule has 1 nitrogen and oxygen atoms in total. The molecular weight excluding hydrogens is 243 g/mol. The van der Waals surface area contributed by atoms with Crippen molar-refractivity contribution < 1.29 is 26.7 Å². The fourth-order valence-electron chi connectivity index (χ4n) is 1.00. The van der Waals surface area contributed by atoms with E-state index in [4.69, 9.17) is 0 Å². The Kier molecular flexibility index (Phi) is 3.76. The van der Waals surface area contributed by atoms with Crippen LogP contribution in [0.1, 0.15) is 19.4 Å². The van der Waals surface area contributed by atoms with Gasteiger partial charge in [0.1, 0.15) is 11.6 Å². The molecule has 17 heavy (non-hydrogen) atoms. The quantitative estimate of drug-likeness (QED) is 0.745. The first-order chi connectivity index (χ1) is 7.65. The van der Waals surface area contributed by atoms with Gasteiger partial charge in [-0.25, -0.2) is 8.78 Å². The van der Waals surface area contributed by atoms with Gasteiger partial charge < -0.3 is 4.74 Å². The molecule has 6 heteroatoms. The van der Waals surface area contributed by atoms with E-state index in [9.17, 15) is 22.0 Å². The van der Waals surface area contributed by atoms with Crippen molar-refractivity contribution in [2.75, 3.05) is 0 Å². The van der Waals surface area contributed by atoms with Crippen molar-refractivity contribution in [2.45, 2.75) is 32.2 Å². The molecule has 0 amide bonds. The van der Waals surface area contributed by atoms with Crippen LogP contribution in [0.25, 0.3) is 0 Å². The highest BCUT2D eigenvalue weighted by Gasteiger charge is 2.48. The highest BCUT2D eigenvalue weighted by molar-refractivity contribution is 5.18. The summed E-state index contributed by atoms with van der Waals surface area (Å²) in [4.78, 5) is 0. The molecule has 0 heterocycles. The number of benzene rings is 1. The molecule has 96 valence electrons. The van der Waals surface area contributed by atoms with Gasteiger partial charge in [0, 0.05) is 5.56 Å². The van der Waals surface area contributed by atoms with Crippen molar-refractivity contribution in [2.24, 2.45) is 0 Å². The Bertz CT molecular complexity index is 377. The SMILES string of the molecule is CC(C)(OCc1c(F)cccc1F)C(F)(F)F. The van der Waals surface area contributed by atoms with Crippen molar-refractivity contribution >= 4 is 0 Å². The first kappa shape index (κ1) is 13.9. The lowest BCUT2D eigenvalue weighted by molar-refractivity contribution is -0.267. The summed E-state index contributed by atoms with van der Waals surface area (Å²) in [6.45, 7) is 0.822. The van der Waals surface area contributed by atoms with Crippen molar-refractivity contribution in [3.63, 3.8) is 0 Å². The molecule has 0 unspecified atom stereocenters. The lowest BCUT2D eigenvalue weighted by Gasteiger charge is -2.28. The largest absolute Gasteiger partial charge is 0.416 e. The van der Waals surface area contributed by atoms with E-state index in [1.165, 1.54) is 0 Å². The molecule has 0 aliphatic heterocycles. The summed E-state index contributed by atoms with van der Waals surface area (Å²) in [6.07, 6.45) is -4.60. The molecule has 0 fully saturated rings. The van der Waals surface area contributed by atoms with Gasteiger partial charge >= 0.3 is 6.18 Å². The van der Waals surface area contributed by atoms with E-state index in [0.717, 1.165) is 32.0 Å². The Hall–Kier alpha value is -1.17. The minimum Gasteiger partial charge on any atom is -0.361 e.